The molecule has 0 spiro atoms. The fraction of sp³-hybridized carbons (Fsp3) is 0.619. The third-order valence-corrected chi connectivity index (χ3v) is 7.79. The number of hydrogen-bond acceptors (Lipinski definition) is 5. The van der Waals surface area contributed by atoms with Gasteiger partial charge < -0.3 is 15.4 Å². The van der Waals surface area contributed by atoms with Crippen molar-refractivity contribution in [3.63, 3.8) is 0 Å². The van der Waals surface area contributed by atoms with E-state index in [0.717, 1.165) is 25.7 Å². The lowest BCUT2D eigenvalue weighted by Crippen LogP contribution is -2.51. The van der Waals surface area contributed by atoms with Crippen LogP contribution in [-0.4, -0.2) is 56.8 Å². The largest absolute Gasteiger partial charge is 0.497 e. The molecule has 9 heteroatoms. The number of rotatable bonds is 7. The number of carbonyl (C=O) groups excluding carboxylic acids is 2. The Balaban J connectivity index is 1.58. The third kappa shape index (κ3) is 5.31. The number of sulfonamides is 1. The van der Waals surface area contributed by atoms with Gasteiger partial charge in [-0.2, -0.15) is 4.31 Å². The predicted molar refractivity (Wildman–Crippen MR) is 112 cm³/mol. The smallest absolute Gasteiger partial charge is 0.243 e. The average Bonchev–Trinajstić information content (AvgIpc) is 3.26. The molecule has 166 valence electrons. The van der Waals surface area contributed by atoms with Crippen molar-refractivity contribution in [2.45, 2.75) is 62.4 Å². The lowest BCUT2D eigenvalue weighted by molar-refractivity contribution is -0.131. The van der Waals surface area contributed by atoms with Crippen molar-refractivity contribution in [3.05, 3.63) is 24.3 Å². The number of nitrogens with one attached hydrogen (secondary N) is 2. The van der Waals surface area contributed by atoms with E-state index in [1.807, 2.05) is 0 Å². The predicted octanol–water partition coefficient (Wildman–Crippen LogP) is 1.66. The molecular weight excluding hydrogens is 406 g/mol. The van der Waals surface area contributed by atoms with Gasteiger partial charge in [0.2, 0.25) is 21.8 Å². The fourth-order valence-corrected chi connectivity index (χ4v) is 5.59. The van der Waals surface area contributed by atoms with Crippen molar-refractivity contribution in [1.82, 2.24) is 14.9 Å². The van der Waals surface area contributed by atoms with Gasteiger partial charge in [0.05, 0.1) is 17.9 Å². The Morgan fingerprint density at radius 2 is 1.77 bits per heavy atom. The van der Waals surface area contributed by atoms with Crippen LogP contribution in [0.1, 0.15) is 45.4 Å². The lowest BCUT2D eigenvalue weighted by atomic mass is 9.98. The maximum absolute atomic E-state index is 13.0. The van der Waals surface area contributed by atoms with E-state index in [1.54, 1.807) is 19.1 Å². The standard InChI is InChI=1S/C21H31N3O5S/c1-15(20(25)23-17-7-3-4-8-17)22-21(26)16-6-5-13-24(14-16)30(27,28)19-11-9-18(29-2)10-12-19/h9-12,15-17H,3-8,13-14H2,1-2H3,(H,22,26)(H,23,25)/t15-,16+/m0/s1. The minimum absolute atomic E-state index is 0.108. The van der Waals surface area contributed by atoms with Gasteiger partial charge in [-0.15, -0.1) is 0 Å². The van der Waals surface area contributed by atoms with Crippen LogP contribution >= 0.6 is 0 Å². The molecule has 2 fully saturated rings. The molecular formula is C21H31N3O5S. The van der Waals surface area contributed by atoms with E-state index in [-0.39, 0.29) is 29.3 Å². The Morgan fingerprint density at radius 1 is 1.10 bits per heavy atom. The molecule has 3 rings (SSSR count). The summed E-state index contributed by atoms with van der Waals surface area (Å²) in [6.07, 6.45) is 5.38. The molecule has 1 saturated heterocycles. The summed E-state index contributed by atoms with van der Waals surface area (Å²) in [5, 5.41) is 5.74. The lowest BCUT2D eigenvalue weighted by Gasteiger charge is -2.31. The van der Waals surface area contributed by atoms with Crippen LogP contribution in [0.2, 0.25) is 0 Å². The second-order valence-corrected chi connectivity index (χ2v) is 10.0. The van der Waals surface area contributed by atoms with Gasteiger partial charge in [-0.3, -0.25) is 9.59 Å². The summed E-state index contributed by atoms with van der Waals surface area (Å²) < 4.78 is 32.4. The number of carbonyl (C=O) groups is 2. The van der Waals surface area contributed by atoms with Crippen LogP contribution in [0.4, 0.5) is 0 Å². The van der Waals surface area contributed by atoms with Gasteiger partial charge in [-0.25, -0.2) is 8.42 Å². The molecule has 0 radical (unpaired) electrons. The van der Waals surface area contributed by atoms with Crippen molar-refractivity contribution < 1.29 is 22.7 Å². The van der Waals surface area contributed by atoms with Crippen molar-refractivity contribution in [2.24, 2.45) is 5.92 Å². The first-order valence-electron chi connectivity index (χ1n) is 10.6. The highest BCUT2D eigenvalue weighted by Crippen LogP contribution is 2.25. The maximum Gasteiger partial charge on any atom is 0.243 e. The highest BCUT2D eigenvalue weighted by atomic mass is 32.2. The first kappa shape index (κ1) is 22.6. The normalized spacial score (nSPS) is 21.7. The van der Waals surface area contributed by atoms with Crippen LogP contribution in [-0.2, 0) is 19.6 Å². The van der Waals surface area contributed by atoms with Gasteiger partial charge in [0, 0.05) is 19.1 Å². The van der Waals surface area contributed by atoms with Crippen LogP contribution < -0.4 is 15.4 Å². The summed E-state index contributed by atoms with van der Waals surface area (Å²) in [5.74, 6) is -0.365. The molecule has 1 aromatic carbocycles. The molecule has 1 aliphatic heterocycles. The second kappa shape index (κ2) is 9.78. The van der Waals surface area contributed by atoms with E-state index >= 15 is 0 Å². The van der Waals surface area contributed by atoms with E-state index in [2.05, 4.69) is 10.6 Å². The highest BCUT2D eigenvalue weighted by molar-refractivity contribution is 7.89. The number of methoxy groups -OCH3 is 1. The number of hydrogen-bond donors (Lipinski definition) is 2. The minimum atomic E-state index is -3.70. The first-order chi connectivity index (χ1) is 14.3. The van der Waals surface area contributed by atoms with E-state index in [0.29, 0.717) is 25.1 Å². The van der Waals surface area contributed by atoms with Crippen molar-refractivity contribution in [3.8, 4) is 5.75 Å². The van der Waals surface area contributed by atoms with Gasteiger partial charge in [0.25, 0.3) is 0 Å². The molecule has 2 amide bonds. The molecule has 0 bridgehead atoms. The Morgan fingerprint density at radius 3 is 2.40 bits per heavy atom. The molecule has 2 N–H and O–H groups in total. The molecule has 0 unspecified atom stereocenters. The van der Waals surface area contributed by atoms with Crippen molar-refractivity contribution in [1.29, 1.82) is 0 Å². The second-order valence-electron chi connectivity index (χ2n) is 8.10. The van der Waals surface area contributed by atoms with Gasteiger partial charge in [0.1, 0.15) is 11.8 Å². The topological polar surface area (TPSA) is 105 Å². The summed E-state index contributed by atoms with van der Waals surface area (Å²) in [5.41, 5.74) is 0. The zero-order valence-electron chi connectivity index (χ0n) is 17.6. The Bertz CT molecular complexity index is 850. The Kier molecular flexibility index (Phi) is 7.36. The Hall–Kier alpha value is -2.13. The molecule has 0 aromatic heterocycles. The molecule has 1 heterocycles. The van der Waals surface area contributed by atoms with Gasteiger partial charge in [-0.1, -0.05) is 12.8 Å². The van der Waals surface area contributed by atoms with Gasteiger partial charge >= 0.3 is 0 Å². The monoisotopic (exact) mass is 437 g/mol. The SMILES string of the molecule is COc1ccc(S(=O)(=O)N2CCC[C@@H](C(=O)N[C@@H](C)C(=O)NC3CCCC3)C2)cc1. The number of amides is 2. The molecule has 1 aliphatic carbocycles. The quantitative estimate of drug-likeness (QED) is 0.675. The van der Waals surface area contributed by atoms with E-state index in [1.165, 1.54) is 23.5 Å². The highest BCUT2D eigenvalue weighted by Gasteiger charge is 2.34. The van der Waals surface area contributed by atoms with Gasteiger partial charge in [-0.05, 0) is 56.9 Å². The average molecular weight is 438 g/mol. The molecule has 1 aromatic rings. The summed E-state index contributed by atoms with van der Waals surface area (Å²) >= 11 is 0. The number of nitrogens with zero attached hydrogens (tertiary/aromatic N) is 1. The maximum atomic E-state index is 13.0. The number of ether oxygens (including phenoxy) is 1. The summed E-state index contributed by atoms with van der Waals surface area (Å²) in [4.78, 5) is 25.2. The molecule has 8 nitrogen and oxygen atoms in total. The van der Waals surface area contributed by atoms with Crippen LogP contribution in [0, 0.1) is 5.92 Å². The molecule has 1 saturated carbocycles. The van der Waals surface area contributed by atoms with Crippen molar-refractivity contribution >= 4 is 21.8 Å². The summed E-state index contributed by atoms with van der Waals surface area (Å²) in [6.45, 7) is 2.14. The van der Waals surface area contributed by atoms with Gasteiger partial charge in [0.15, 0.2) is 0 Å². The Labute approximate surface area is 178 Å². The molecule has 2 atom stereocenters. The zero-order chi connectivity index (χ0) is 21.7. The summed E-state index contributed by atoms with van der Waals surface area (Å²) in [7, 11) is -2.18. The third-order valence-electron chi connectivity index (χ3n) is 5.91. The van der Waals surface area contributed by atoms with Crippen LogP contribution in [0.5, 0.6) is 5.75 Å². The van der Waals surface area contributed by atoms with Crippen LogP contribution in [0.15, 0.2) is 29.2 Å². The molecule has 30 heavy (non-hydrogen) atoms. The molecule has 2 aliphatic rings. The van der Waals surface area contributed by atoms with E-state index < -0.39 is 22.0 Å². The minimum Gasteiger partial charge on any atom is -0.497 e. The first-order valence-corrected chi connectivity index (χ1v) is 12.0. The number of benzene rings is 1. The van der Waals surface area contributed by atoms with E-state index in [4.69, 9.17) is 4.74 Å². The fourth-order valence-electron chi connectivity index (χ4n) is 4.06. The van der Waals surface area contributed by atoms with Crippen molar-refractivity contribution in [2.75, 3.05) is 20.2 Å². The van der Waals surface area contributed by atoms with Crippen LogP contribution in [0.3, 0.4) is 0 Å². The van der Waals surface area contributed by atoms with E-state index in [9.17, 15) is 18.0 Å². The summed E-state index contributed by atoms with van der Waals surface area (Å²) in [6, 6.07) is 5.76. The number of piperidine rings is 1. The zero-order valence-corrected chi connectivity index (χ0v) is 18.4. The van der Waals surface area contributed by atoms with Crippen LogP contribution in [0.25, 0.3) is 0 Å².